The molecule has 2 fully saturated rings. The van der Waals surface area contributed by atoms with Crippen molar-refractivity contribution in [3.05, 3.63) is 32.3 Å². The van der Waals surface area contributed by atoms with Gasteiger partial charge in [-0.2, -0.15) is 4.39 Å². The topological polar surface area (TPSA) is 140 Å². The van der Waals surface area contributed by atoms with E-state index in [0.29, 0.717) is 0 Å². The number of aromatic nitrogens is 2. The fraction of sp³-hybridized carbons (Fsp3) is 0.636. The Kier molecular flexibility index (Phi) is 4.03. The fourth-order valence-electron chi connectivity index (χ4n) is 2.72. The molecule has 12 heteroatoms. The van der Waals surface area contributed by atoms with E-state index in [9.17, 15) is 28.5 Å². The normalized spacial score (nSPS) is 36.9. The summed E-state index contributed by atoms with van der Waals surface area (Å²) in [6.45, 7) is 1.18. The standard InChI is InChI=1S/C11H14FN2O8P/c1-2-4-6(12)9(16)13-11(17)14(4)10-7(15)8-5(21-10)3-20-23(18,19)22-8/h5,7-8,10,15H,2-3H2,1H3,(H,18,19)(H,13,16,17)/t5-,7-,8-,10-/m1/s1. The second-order valence-corrected chi connectivity index (χ2v) is 6.54. The third-order valence-corrected chi connectivity index (χ3v) is 4.72. The Hall–Kier alpha value is -1.36. The van der Waals surface area contributed by atoms with Crippen LogP contribution in [-0.4, -0.2) is 44.5 Å². The lowest BCUT2D eigenvalue weighted by molar-refractivity contribution is -0.0695. The average Bonchev–Trinajstić information content (AvgIpc) is 2.78. The number of phosphoric acid groups is 1. The SMILES string of the molecule is CCc1c(F)c(=O)[nH]c(=O)n1[C@@H]1O[C@@H]2COP(=O)(O)O[C@H]2[C@H]1O. The van der Waals surface area contributed by atoms with Crippen LogP contribution in [0, 0.1) is 5.82 Å². The molecule has 2 aliphatic rings. The summed E-state index contributed by atoms with van der Waals surface area (Å²) in [6, 6.07) is 0. The lowest BCUT2D eigenvalue weighted by atomic mass is 10.1. The molecular formula is C11H14FN2O8P. The van der Waals surface area contributed by atoms with Gasteiger partial charge in [0, 0.05) is 0 Å². The van der Waals surface area contributed by atoms with Gasteiger partial charge in [-0.3, -0.25) is 23.4 Å². The molecule has 2 aliphatic heterocycles. The van der Waals surface area contributed by atoms with Crippen LogP contribution in [0.2, 0.25) is 0 Å². The molecule has 1 aromatic heterocycles. The number of aliphatic hydroxyl groups is 1. The largest absolute Gasteiger partial charge is 0.472 e. The fourth-order valence-corrected chi connectivity index (χ4v) is 3.68. The zero-order chi connectivity index (χ0) is 16.9. The van der Waals surface area contributed by atoms with Gasteiger partial charge in [0.15, 0.2) is 6.23 Å². The minimum atomic E-state index is -4.32. The molecule has 0 saturated carbocycles. The van der Waals surface area contributed by atoms with Crippen LogP contribution in [0.3, 0.4) is 0 Å². The summed E-state index contributed by atoms with van der Waals surface area (Å²) in [6.07, 6.45) is -5.08. The Morgan fingerprint density at radius 2 is 2.17 bits per heavy atom. The van der Waals surface area contributed by atoms with Crippen LogP contribution in [-0.2, 0) is 24.8 Å². The van der Waals surface area contributed by atoms with Gasteiger partial charge < -0.3 is 14.7 Å². The van der Waals surface area contributed by atoms with E-state index in [-0.39, 0.29) is 18.7 Å². The predicted octanol–water partition coefficient (Wildman–Crippen LogP) is -0.988. The van der Waals surface area contributed by atoms with E-state index < -0.39 is 49.4 Å². The highest BCUT2D eigenvalue weighted by molar-refractivity contribution is 7.47. The highest BCUT2D eigenvalue weighted by Gasteiger charge is 2.53. The second kappa shape index (κ2) is 5.62. The van der Waals surface area contributed by atoms with Gasteiger partial charge in [-0.05, 0) is 6.42 Å². The molecule has 0 aromatic carbocycles. The number of H-pyrrole nitrogens is 1. The minimum absolute atomic E-state index is 0.0112. The average molecular weight is 352 g/mol. The Balaban J connectivity index is 2.04. The number of hydrogen-bond donors (Lipinski definition) is 3. The van der Waals surface area contributed by atoms with Crippen molar-refractivity contribution >= 4 is 7.82 Å². The molecule has 3 N–H and O–H groups in total. The van der Waals surface area contributed by atoms with E-state index in [1.165, 1.54) is 6.92 Å². The van der Waals surface area contributed by atoms with Gasteiger partial charge >= 0.3 is 13.5 Å². The Morgan fingerprint density at radius 1 is 1.48 bits per heavy atom. The van der Waals surface area contributed by atoms with Crippen molar-refractivity contribution in [3.8, 4) is 0 Å². The first-order valence-corrected chi connectivity index (χ1v) is 8.27. The summed E-state index contributed by atoms with van der Waals surface area (Å²) in [5.74, 6) is -1.16. The van der Waals surface area contributed by atoms with E-state index in [2.05, 4.69) is 4.52 Å². The summed E-state index contributed by atoms with van der Waals surface area (Å²) in [5, 5.41) is 10.3. The van der Waals surface area contributed by atoms with Crippen LogP contribution in [0.1, 0.15) is 18.8 Å². The maximum atomic E-state index is 13.9. The summed E-state index contributed by atoms with van der Waals surface area (Å²) in [7, 11) is -4.32. The Morgan fingerprint density at radius 3 is 2.83 bits per heavy atom. The van der Waals surface area contributed by atoms with Gasteiger partial charge in [0.2, 0.25) is 5.82 Å². The van der Waals surface area contributed by atoms with Gasteiger partial charge in [-0.25, -0.2) is 9.36 Å². The molecule has 0 aliphatic carbocycles. The Bertz CT molecular complexity index is 791. The number of phosphoric ester groups is 1. The van der Waals surface area contributed by atoms with Crippen LogP contribution in [0.25, 0.3) is 0 Å². The molecule has 2 saturated heterocycles. The van der Waals surface area contributed by atoms with Crippen molar-refractivity contribution in [1.82, 2.24) is 9.55 Å². The maximum Gasteiger partial charge on any atom is 0.472 e. The molecule has 0 bridgehead atoms. The molecule has 0 amide bonds. The van der Waals surface area contributed by atoms with Crippen molar-refractivity contribution < 1.29 is 32.7 Å². The monoisotopic (exact) mass is 352 g/mol. The molecule has 5 atom stereocenters. The Labute approximate surface area is 128 Å². The lowest BCUT2D eigenvalue weighted by Gasteiger charge is -2.27. The maximum absolute atomic E-state index is 13.9. The highest BCUT2D eigenvalue weighted by Crippen LogP contribution is 2.52. The van der Waals surface area contributed by atoms with Crippen molar-refractivity contribution in [1.29, 1.82) is 0 Å². The quantitative estimate of drug-likeness (QED) is 0.577. The first-order chi connectivity index (χ1) is 10.7. The number of rotatable bonds is 2. The molecule has 128 valence electrons. The van der Waals surface area contributed by atoms with Crippen LogP contribution in [0.5, 0.6) is 0 Å². The van der Waals surface area contributed by atoms with Gasteiger partial charge in [0.05, 0.1) is 12.3 Å². The number of fused-ring (bicyclic) bond motifs is 1. The molecule has 3 rings (SSSR count). The van der Waals surface area contributed by atoms with Crippen LogP contribution in [0.4, 0.5) is 4.39 Å². The van der Waals surface area contributed by atoms with Gasteiger partial charge in [-0.1, -0.05) is 6.92 Å². The van der Waals surface area contributed by atoms with Crippen molar-refractivity contribution in [3.63, 3.8) is 0 Å². The summed E-state index contributed by atoms with van der Waals surface area (Å²) < 4.78 is 40.9. The molecular weight excluding hydrogens is 338 g/mol. The van der Waals surface area contributed by atoms with Gasteiger partial charge in [-0.15, -0.1) is 0 Å². The van der Waals surface area contributed by atoms with E-state index >= 15 is 0 Å². The molecule has 10 nitrogen and oxygen atoms in total. The van der Waals surface area contributed by atoms with Gasteiger partial charge in [0.1, 0.15) is 18.3 Å². The van der Waals surface area contributed by atoms with Crippen molar-refractivity contribution in [2.45, 2.75) is 37.9 Å². The summed E-state index contributed by atoms with van der Waals surface area (Å²) >= 11 is 0. The zero-order valence-electron chi connectivity index (χ0n) is 11.8. The smallest absolute Gasteiger partial charge is 0.386 e. The van der Waals surface area contributed by atoms with E-state index in [1.54, 1.807) is 4.98 Å². The third kappa shape index (κ3) is 2.69. The number of aromatic amines is 1. The van der Waals surface area contributed by atoms with E-state index in [0.717, 1.165) is 4.57 Å². The number of hydrogen-bond acceptors (Lipinski definition) is 7. The molecule has 0 radical (unpaired) electrons. The first kappa shape index (κ1) is 16.5. The lowest BCUT2D eigenvalue weighted by Crippen LogP contribution is -2.42. The number of nitrogens with zero attached hydrogens (tertiary/aromatic N) is 1. The molecule has 3 heterocycles. The molecule has 0 spiro atoms. The molecule has 1 unspecified atom stereocenters. The number of halogens is 1. The summed E-state index contributed by atoms with van der Waals surface area (Å²) in [5.41, 5.74) is -2.40. The second-order valence-electron chi connectivity index (χ2n) is 5.13. The van der Waals surface area contributed by atoms with Crippen molar-refractivity contribution in [2.24, 2.45) is 0 Å². The number of aliphatic hydroxyl groups excluding tert-OH is 1. The van der Waals surface area contributed by atoms with Crippen LogP contribution >= 0.6 is 7.82 Å². The third-order valence-electron chi connectivity index (χ3n) is 3.74. The van der Waals surface area contributed by atoms with Crippen LogP contribution < -0.4 is 11.2 Å². The zero-order valence-corrected chi connectivity index (χ0v) is 12.7. The van der Waals surface area contributed by atoms with E-state index in [4.69, 9.17) is 9.26 Å². The van der Waals surface area contributed by atoms with E-state index in [1.807, 2.05) is 0 Å². The highest BCUT2D eigenvalue weighted by atomic mass is 31.2. The van der Waals surface area contributed by atoms with Gasteiger partial charge in [0.25, 0.3) is 5.56 Å². The number of nitrogens with one attached hydrogen (secondary N) is 1. The molecule has 1 aromatic rings. The minimum Gasteiger partial charge on any atom is -0.386 e. The summed E-state index contributed by atoms with van der Waals surface area (Å²) in [4.78, 5) is 34.4. The first-order valence-electron chi connectivity index (χ1n) is 6.77. The molecule has 23 heavy (non-hydrogen) atoms. The van der Waals surface area contributed by atoms with Crippen LogP contribution in [0.15, 0.2) is 9.59 Å². The predicted molar refractivity (Wildman–Crippen MR) is 71.2 cm³/mol. The number of ether oxygens (including phenoxy) is 1. The van der Waals surface area contributed by atoms with Crippen molar-refractivity contribution in [2.75, 3.05) is 6.61 Å².